The Morgan fingerprint density at radius 1 is 1.18 bits per heavy atom. The number of hydrogen-bond acceptors (Lipinski definition) is 6. The summed E-state index contributed by atoms with van der Waals surface area (Å²) >= 11 is 0. The molecule has 0 atom stereocenters. The fourth-order valence-electron chi connectivity index (χ4n) is 4.07. The first-order valence-electron chi connectivity index (χ1n) is 10.2. The van der Waals surface area contributed by atoms with Gasteiger partial charge in [-0.05, 0) is 56.2 Å². The molecule has 4 rings (SSSR count). The number of oxime groups is 1. The van der Waals surface area contributed by atoms with Gasteiger partial charge in [0, 0.05) is 18.7 Å². The third kappa shape index (κ3) is 4.24. The summed E-state index contributed by atoms with van der Waals surface area (Å²) in [6.07, 6.45) is 6.55. The number of ether oxygens (including phenoxy) is 3. The Balaban J connectivity index is 1.43. The zero-order valence-electron chi connectivity index (χ0n) is 16.4. The maximum Gasteiger partial charge on any atom is 0.263 e. The van der Waals surface area contributed by atoms with E-state index < -0.39 is 0 Å². The van der Waals surface area contributed by atoms with Crippen LogP contribution >= 0.6 is 0 Å². The van der Waals surface area contributed by atoms with Gasteiger partial charge in [0.05, 0.1) is 32.1 Å². The number of morpholine rings is 1. The third-order valence-corrected chi connectivity index (χ3v) is 5.65. The molecule has 0 bridgehead atoms. The van der Waals surface area contributed by atoms with Crippen LogP contribution in [-0.2, 0) is 20.8 Å². The van der Waals surface area contributed by atoms with Gasteiger partial charge in [-0.15, -0.1) is 0 Å². The molecule has 28 heavy (non-hydrogen) atoms. The van der Waals surface area contributed by atoms with Crippen LogP contribution in [-0.4, -0.2) is 62.6 Å². The summed E-state index contributed by atoms with van der Waals surface area (Å²) in [6, 6.07) is 4.06. The minimum Gasteiger partial charge on any atom is -0.493 e. The van der Waals surface area contributed by atoms with Crippen molar-refractivity contribution in [3.63, 3.8) is 0 Å². The van der Waals surface area contributed by atoms with E-state index >= 15 is 0 Å². The normalized spacial score (nSPS) is 21.0. The Hall–Kier alpha value is -2.28. The Labute approximate surface area is 165 Å². The van der Waals surface area contributed by atoms with E-state index in [0.717, 1.165) is 48.5 Å². The largest absolute Gasteiger partial charge is 0.493 e. The lowest BCUT2D eigenvalue weighted by molar-refractivity contribution is -0.140. The van der Waals surface area contributed by atoms with Crippen molar-refractivity contribution in [1.82, 2.24) is 4.90 Å². The number of aryl methyl sites for hydroxylation is 1. The van der Waals surface area contributed by atoms with E-state index in [9.17, 15) is 4.79 Å². The SMILES string of the molecule is COc1cc2c(cc1OC1CCCC1)/C(=N/OCC(=O)N1CCOCC1)CC2. The van der Waals surface area contributed by atoms with E-state index in [1.165, 1.54) is 18.4 Å². The van der Waals surface area contributed by atoms with Gasteiger partial charge in [0.15, 0.2) is 18.1 Å². The van der Waals surface area contributed by atoms with Crippen LogP contribution in [0.5, 0.6) is 11.5 Å². The van der Waals surface area contributed by atoms with Gasteiger partial charge in [-0.25, -0.2) is 0 Å². The molecule has 1 saturated heterocycles. The van der Waals surface area contributed by atoms with Crippen LogP contribution in [0.1, 0.15) is 43.2 Å². The average Bonchev–Trinajstić information content (AvgIpc) is 3.38. The van der Waals surface area contributed by atoms with Crippen molar-refractivity contribution in [3.05, 3.63) is 23.3 Å². The van der Waals surface area contributed by atoms with E-state index in [1.807, 2.05) is 12.1 Å². The van der Waals surface area contributed by atoms with Crippen molar-refractivity contribution in [2.45, 2.75) is 44.6 Å². The fraction of sp³-hybridized carbons (Fsp3) is 0.619. The molecule has 7 nitrogen and oxygen atoms in total. The second kappa shape index (κ2) is 8.82. The Morgan fingerprint density at radius 2 is 1.96 bits per heavy atom. The van der Waals surface area contributed by atoms with Gasteiger partial charge < -0.3 is 23.9 Å². The molecule has 1 aromatic rings. The molecule has 1 aromatic carbocycles. The molecule has 0 N–H and O–H groups in total. The standard InChI is InChI=1S/C21H28N2O5/c1-25-19-12-15-6-7-18(17(15)13-20(19)28-16-4-2-3-5-16)22-27-14-21(24)23-8-10-26-11-9-23/h12-13,16H,2-11,14H2,1H3/b22-18+. The minimum absolute atomic E-state index is 0.0413. The lowest BCUT2D eigenvalue weighted by Gasteiger charge is -2.26. The number of methoxy groups -OCH3 is 1. The van der Waals surface area contributed by atoms with Crippen molar-refractivity contribution in [1.29, 1.82) is 0 Å². The lowest BCUT2D eigenvalue weighted by Crippen LogP contribution is -2.42. The van der Waals surface area contributed by atoms with Crippen LogP contribution < -0.4 is 9.47 Å². The number of benzene rings is 1. The predicted molar refractivity (Wildman–Crippen MR) is 104 cm³/mol. The smallest absolute Gasteiger partial charge is 0.263 e. The summed E-state index contributed by atoms with van der Waals surface area (Å²) in [5, 5.41) is 4.27. The van der Waals surface area contributed by atoms with Gasteiger partial charge in [0.1, 0.15) is 0 Å². The van der Waals surface area contributed by atoms with E-state index in [1.54, 1.807) is 12.0 Å². The topological polar surface area (TPSA) is 69.6 Å². The minimum atomic E-state index is -0.0501. The molecule has 0 spiro atoms. The molecule has 1 aliphatic heterocycles. The summed E-state index contributed by atoms with van der Waals surface area (Å²) in [7, 11) is 1.67. The van der Waals surface area contributed by atoms with E-state index in [0.29, 0.717) is 26.3 Å². The zero-order valence-corrected chi connectivity index (χ0v) is 16.4. The summed E-state index contributed by atoms with van der Waals surface area (Å²) in [4.78, 5) is 19.3. The summed E-state index contributed by atoms with van der Waals surface area (Å²) in [5.74, 6) is 1.49. The van der Waals surface area contributed by atoms with Crippen molar-refractivity contribution < 1.29 is 23.8 Å². The second-order valence-electron chi connectivity index (χ2n) is 7.49. The molecule has 1 saturated carbocycles. The highest BCUT2D eigenvalue weighted by atomic mass is 16.6. The molecule has 152 valence electrons. The summed E-state index contributed by atoms with van der Waals surface area (Å²) in [6.45, 7) is 2.35. The van der Waals surface area contributed by atoms with Gasteiger partial charge >= 0.3 is 0 Å². The maximum atomic E-state index is 12.2. The number of hydrogen-bond donors (Lipinski definition) is 0. The zero-order chi connectivity index (χ0) is 19.3. The number of carbonyl (C=O) groups excluding carboxylic acids is 1. The van der Waals surface area contributed by atoms with Gasteiger partial charge in [-0.2, -0.15) is 0 Å². The number of rotatable bonds is 6. The monoisotopic (exact) mass is 388 g/mol. The molecule has 1 heterocycles. The molecule has 0 radical (unpaired) electrons. The Bertz CT molecular complexity index is 737. The van der Waals surface area contributed by atoms with Crippen molar-refractivity contribution in [2.24, 2.45) is 5.16 Å². The first-order chi connectivity index (χ1) is 13.7. The van der Waals surface area contributed by atoms with Crippen LogP contribution in [0, 0.1) is 0 Å². The quantitative estimate of drug-likeness (QED) is 0.701. The van der Waals surface area contributed by atoms with Crippen molar-refractivity contribution in [3.8, 4) is 11.5 Å². The molecular weight excluding hydrogens is 360 g/mol. The van der Waals surface area contributed by atoms with Gasteiger partial charge in [-0.1, -0.05) is 5.16 Å². The summed E-state index contributed by atoms with van der Waals surface area (Å²) in [5.41, 5.74) is 3.08. The molecule has 1 amide bonds. The van der Waals surface area contributed by atoms with Crippen LogP contribution in [0.2, 0.25) is 0 Å². The number of carbonyl (C=O) groups is 1. The fourth-order valence-corrected chi connectivity index (χ4v) is 4.07. The van der Waals surface area contributed by atoms with E-state index in [2.05, 4.69) is 5.16 Å². The number of fused-ring (bicyclic) bond motifs is 1. The summed E-state index contributed by atoms with van der Waals surface area (Å²) < 4.78 is 17.0. The molecule has 3 aliphatic rings. The maximum absolute atomic E-state index is 12.2. The van der Waals surface area contributed by atoms with Crippen LogP contribution in [0.15, 0.2) is 17.3 Å². The van der Waals surface area contributed by atoms with Crippen molar-refractivity contribution >= 4 is 11.6 Å². The molecule has 2 fully saturated rings. The van der Waals surface area contributed by atoms with Crippen molar-refractivity contribution in [2.75, 3.05) is 40.0 Å². The van der Waals surface area contributed by atoms with Crippen LogP contribution in [0.4, 0.5) is 0 Å². The second-order valence-corrected chi connectivity index (χ2v) is 7.49. The highest BCUT2D eigenvalue weighted by Gasteiger charge is 2.25. The first-order valence-corrected chi connectivity index (χ1v) is 10.2. The molecule has 2 aliphatic carbocycles. The molecular formula is C21H28N2O5. The predicted octanol–water partition coefficient (Wildman–Crippen LogP) is 2.54. The third-order valence-electron chi connectivity index (χ3n) is 5.65. The van der Waals surface area contributed by atoms with Gasteiger partial charge in [-0.3, -0.25) is 4.79 Å². The number of nitrogens with zero attached hydrogens (tertiary/aromatic N) is 2. The molecule has 0 aromatic heterocycles. The highest BCUT2D eigenvalue weighted by molar-refractivity contribution is 6.04. The highest BCUT2D eigenvalue weighted by Crippen LogP contribution is 2.37. The van der Waals surface area contributed by atoms with Crippen LogP contribution in [0.25, 0.3) is 0 Å². The van der Waals surface area contributed by atoms with Gasteiger partial charge in [0.2, 0.25) is 0 Å². The molecule has 0 unspecified atom stereocenters. The Kier molecular flexibility index (Phi) is 6.00. The lowest BCUT2D eigenvalue weighted by atomic mass is 10.1. The Morgan fingerprint density at radius 3 is 2.71 bits per heavy atom. The van der Waals surface area contributed by atoms with E-state index in [-0.39, 0.29) is 18.6 Å². The molecule has 7 heteroatoms. The van der Waals surface area contributed by atoms with E-state index in [4.69, 9.17) is 19.0 Å². The number of amides is 1. The van der Waals surface area contributed by atoms with Gasteiger partial charge in [0.25, 0.3) is 5.91 Å². The first kappa shape index (κ1) is 19.1. The van der Waals surface area contributed by atoms with Crippen LogP contribution in [0.3, 0.4) is 0 Å². The average molecular weight is 388 g/mol.